The van der Waals surface area contributed by atoms with E-state index >= 15 is 0 Å². The number of allylic oxidation sites excluding steroid dienone is 4. The predicted molar refractivity (Wildman–Crippen MR) is 52.4 cm³/mol. The lowest BCUT2D eigenvalue weighted by Crippen LogP contribution is -2.41. The first-order valence-corrected chi connectivity index (χ1v) is 4.22. The van der Waals surface area contributed by atoms with Crippen molar-refractivity contribution in [3.8, 4) is 0 Å². The molecule has 0 aromatic carbocycles. The first kappa shape index (κ1) is 8.87. The quantitative estimate of drug-likeness (QED) is 0.581. The molecule has 0 aromatic rings. The molecular formula is C8H8B2O4. The molecule has 0 saturated carbocycles. The zero-order chi connectivity index (χ0) is 9.64. The van der Waals surface area contributed by atoms with E-state index in [2.05, 4.69) is 0 Å². The molecule has 0 aromatic heterocycles. The van der Waals surface area contributed by atoms with E-state index in [9.17, 15) is 0 Å². The van der Waals surface area contributed by atoms with Gasteiger partial charge in [0.15, 0.2) is 0 Å². The molecule has 0 saturated heterocycles. The maximum absolute atomic E-state index is 5.21. The van der Waals surface area contributed by atoms with Gasteiger partial charge < -0.3 is 18.6 Å². The summed E-state index contributed by atoms with van der Waals surface area (Å²) in [7, 11) is -1.20. The third kappa shape index (κ3) is 2.16. The van der Waals surface area contributed by atoms with Crippen molar-refractivity contribution in [3.63, 3.8) is 0 Å². The Morgan fingerprint density at radius 2 is 0.786 bits per heavy atom. The summed E-state index contributed by atoms with van der Waals surface area (Å²) in [5, 5.41) is 0. The Kier molecular flexibility index (Phi) is 2.85. The van der Waals surface area contributed by atoms with Crippen molar-refractivity contribution in [2.24, 2.45) is 0 Å². The molecule has 70 valence electrons. The lowest BCUT2D eigenvalue weighted by atomic mass is 9.48. The van der Waals surface area contributed by atoms with Crippen molar-refractivity contribution in [1.82, 2.24) is 0 Å². The average Bonchev–Trinajstić information content (AvgIpc) is 2.62. The Hall–Kier alpha value is -1.71. The van der Waals surface area contributed by atoms with Crippen LogP contribution >= 0.6 is 0 Å². The normalized spacial score (nSPS) is 18.9. The largest absolute Gasteiger partial charge is 0.657 e. The summed E-state index contributed by atoms with van der Waals surface area (Å²) in [6.07, 6.45) is 13.0. The lowest BCUT2D eigenvalue weighted by molar-refractivity contribution is 0.311. The highest BCUT2D eigenvalue weighted by Crippen LogP contribution is 2.07. The SMILES string of the molecule is C1=COB(B2OC=CC=CO2)OC=C1. The van der Waals surface area contributed by atoms with Crippen LogP contribution in [-0.4, -0.2) is 14.0 Å². The molecule has 0 N–H and O–H groups in total. The molecule has 0 unspecified atom stereocenters. The molecule has 6 heteroatoms. The minimum Gasteiger partial charge on any atom is -0.532 e. The van der Waals surface area contributed by atoms with Gasteiger partial charge >= 0.3 is 14.0 Å². The van der Waals surface area contributed by atoms with Gasteiger partial charge in [0.05, 0.1) is 25.0 Å². The summed E-state index contributed by atoms with van der Waals surface area (Å²) in [6, 6.07) is 0. The van der Waals surface area contributed by atoms with Crippen molar-refractivity contribution in [3.05, 3.63) is 49.4 Å². The topological polar surface area (TPSA) is 36.9 Å². The summed E-state index contributed by atoms with van der Waals surface area (Å²) < 4.78 is 20.9. The zero-order valence-electron chi connectivity index (χ0n) is 7.41. The number of hydrogen-bond donors (Lipinski definition) is 0. The van der Waals surface area contributed by atoms with Crippen LogP contribution in [0.5, 0.6) is 0 Å². The third-order valence-electron chi connectivity index (χ3n) is 1.61. The molecule has 0 spiro atoms. The van der Waals surface area contributed by atoms with E-state index in [4.69, 9.17) is 18.6 Å². The second-order valence-corrected chi connectivity index (χ2v) is 2.60. The predicted octanol–water partition coefficient (Wildman–Crippen LogP) is 1.19. The van der Waals surface area contributed by atoms with Gasteiger partial charge in [0.2, 0.25) is 0 Å². The van der Waals surface area contributed by atoms with Gasteiger partial charge in [0.1, 0.15) is 0 Å². The lowest BCUT2D eigenvalue weighted by Gasteiger charge is -2.14. The van der Waals surface area contributed by atoms with Crippen molar-refractivity contribution in [2.75, 3.05) is 0 Å². The minimum absolute atomic E-state index is 0.600. The molecule has 2 aliphatic rings. The van der Waals surface area contributed by atoms with Crippen LogP contribution in [0.4, 0.5) is 0 Å². The van der Waals surface area contributed by atoms with Crippen LogP contribution in [0.3, 0.4) is 0 Å². The van der Waals surface area contributed by atoms with E-state index in [1.807, 2.05) is 0 Å². The van der Waals surface area contributed by atoms with E-state index in [1.54, 1.807) is 24.3 Å². The zero-order valence-corrected chi connectivity index (χ0v) is 7.41. The van der Waals surface area contributed by atoms with Crippen LogP contribution in [0.15, 0.2) is 49.4 Å². The Labute approximate surface area is 82.7 Å². The van der Waals surface area contributed by atoms with Crippen LogP contribution in [0.2, 0.25) is 0 Å². The fraction of sp³-hybridized carbons (Fsp3) is 0. The van der Waals surface area contributed by atoms with Crippen LogP contribution < -0.4 is 0 Å². The molecule has 4 nitrogen and oxygen atoms in total. The van der Waals surface area contributed by atoms with Crippen LogP contribution in [0.1, 0.15) is 0 Å². The Morgan fingerprint density at radius 1 is 0.500 bits per heavy atom. The summed E-state index contributed by atoms with van der Waals surface area (Å²) in [6.45, 7) is 0. The first-order chi connectivity index (χ1) is 6.97. The van der Waals surface area contributed by atoms with Gasteiger partial charge in [-0.15, -0.1) is 0 Å². The average molecular weight is 190 g/mol. The van der Waals surface area contributed by atoms with E-state index in [1.165, 1.54) is 25.0 Å². The van der Waals surface area contributed by atoms with Gasteiger partial charge in [-0.25, -0.2) is 0 Å². The maximum Gasteiger partial charge on any atom is 0.657 e. The highest BCUT2D eigenvalue weighted by Gasteiger charge is 2.46. The second kappa shape index (κ2) is 4.50. The van der Waals surface area contributed by atoms with Gasteiger partial charge in [0.25, 0.3) is 0 Å². The molecular weight excluding hydrogens is 182 g/mol. The highest BCUT2D eigenvalue weighted by molar-refractivity contribution is 7.10. The van der Waals surface area contributed by atoms with Gasteiger partial charge in [-0.2, -0.15) is 0 Å². The number of hydrogen-bond acceptors (Lipinski definition) is 4. The van der Waals surface area contributed by atoms with E-state index in [0.29, 0.717) is 0 Å². The van der Waals surface area contributed by atoms with Crippen LogP contribution in [0.25, 0.3) is 0 Å². The second-order valence-electron chi connectivity index (χ2n) is 2.60. The highest BCUT2D eigenvalue weighted by atomic mass is 16.6. The first-order valence-electron chi connectivity index (χ1n) is 4.22. The minimum atomic E-state index is -0.600. The Balaban J connectivity index is 1.99. The molecule has 0 amide bonds. The van der Waals surface area contributed by atoms with Crippen LogP contribution in [-0.2, 0) is 18.6 Å². The van der Waals surface area contributed by atoms with Gasteiger partial charge in [-0.3, -0.25) is 0 Å². The van der Waals surface area contributed by atoms with Gasteiger partial charge in [0, 0.05) is 0 Å². The summed E-state index contributed by atoms with van der Waals surface area (Å²) in [5.41, 5.74) is 0. The molecule has 2 rings (SSSR count). The Morgan fingerprint density at radius 3 is 1.07 bits per heavy atom. The summed E-state index contributed by atoms with van der Waals surface area (Å²) in [4.78, 5) is 0. The van der Waals surface area contributed by atoms with Crippen molar-refractivity contribution >= 4 is 14.0 Å². The molecule has 0 bridgehead atoms. The van der Waals surface area contributed by atoms with E-state index in [-0.39, 0.29) is 0 Å². The van der Waals surface area contributed by atoms with Crippen molar-refractivity contribution in [1.29, 1.82) is 0 Å². The van der Waals surface area contributed by atoms with Crippen molar-refractivity contribution < 1.29 is 18.6 Å². The standard InChI is InChI=1S/C8H8B2O4/c1-2-6-12-9(11-5-1)10-13-7-3-4-8-14-10/h1-8H. The Bertz CT molecular complexity index is 240. The maximum atomic E-state index is 5.21. The molecule has 2 heterocycles. The van der Waals surface area contributed by atoms with E-state index in [0.717, 1.165) is 0 Å². The fourth-order valence-corrected chi connectivity index (χ4v) is 0.993. The molecule has 0 radical (unpaired) electrons. The monoisotopic (exact) mass is 190 g/mol. The van der Waals surface area contributed by atoms with Gasteiger partial charge in [-0.05, 0) is 24.3 Å². The van der Waals surface area contributed by atoms with Crippen molar-refractivity contribution in [2.45, 2.75) is 0 Å². The summed E-state index contributed by atoms with van der Waals surface area (Å²) in [5.74, 6) is 0. The smallest absolute Gasteiger partial charge is 0.532 e. The summed E-state index contributed by atoms with van der Waals surface area (Å²) >= 11 is 0. The molecule has 14 heavy (non-hydrogen) atoms. The molecule has 0 aliphatic carbocycles. The van der Waals surface area contributed by atoms with E-state index < -0.39 is 14.0 Å². The fourth-order valence-electron chi connectivity index (χ4n) is 0.993. The molecule has 0 fully saturated rings. The van der Waals surface area contributed by atoms with Gasteiger partial charge in [-0.1, -0.05) is 0 Å². The molecule has 0 atom stereocenters. The number of rotatable bonds is 1. The van der Waals surface area contributed by atoms with Crippen LogP contribution in [0, 0.1) is 0 Å². The molecule has 2 aliphatic heterocycles. The third-order valence-corrected chi connectivity index (χ3v) is 1.61.